The van der Waals surface area contributed by atoms with Gasteiger partial charge in [-0.1, -0.05) is 41.6 Å². The smallest absolute Gasteiger partial charge is 0.277 e. The SMILES string of the molecule is NCc1ccc(Cn2nnc3ccccc3c2=O)cc1. The highest BCUT2D eigenvalue weighted by molar-refractivity contribution is 5.76. The lowest BCUT2D eigenvalue weighted by Gasteiger charge is -2.05. The number of hydrogen-bond donors (Lipinski definition) is 1. The molecule has 0 aliphatic carbocycles. The zero-order chi connectivity index (χ0) is 13.9. The first kappa shape index (κ1) is 12.5. The van der Waals surface area contributed by atoms with Gasteiger partial charge >= 0.3 is 0 Å². The zero-order valence-electron chi connectivity index (χ0n) is 10.9. The predicted molar refractivity (Wildman–Crippen MR) is 77.2 cm³/mol. The van der Waals surface area contributed by atoms with Crippen LogP contribution in [0.5, 0.6) is 0 Å². The Morgan fingerprint density at radius 1 is 1.00 bits per heavy atom. The minimum Gasteiger partial charge on any atom is -0.326 e. The van der Waals surface area contributed by atoms with E-state index in [1.807, 2.05) is 36.4 Å². The maximum absolute atomic E-state index is 12.3. The van der Waals surface area contributed by atoms with Crippen LogP contribution in [0.1, 0.15) is 11.1 Å². The van der Waals surface area contributed by atoms with E-state index in [0.29, 0.717) is 24.0 Å². The number of nitrogens with two attached hydrogens (primary N) is 1. The molecule has 0 fully saturated rings. The van der Waals surface area contributed by atoms with Crippen LogP contribution in [0.3, 0.4) is 0 Å². The second-order valence-corrected chi connectivity index (χ2v) is 4.59. The molecule has 100 valence electrons. The average Bonchev–Trinajstić information content (AvgIpc) is 2.51. The molecule has 20 heavy (non-hydrogen) atoms. The molecule has 0 bridgehead atoms. The van der Waals surface area contributed by atoms with Gasteiger partial charge in [-0.05, 0) is 23.3 Å². The quantitative estimate of drug-likeness (QED) is 0.775. The first-order valence-corrected chi connectivity index (χ1v) is 6.38. The van der Waals surface area contributed by atoms with E-state index in [9.17, 15) is 4.79 Å². The van der Waals surface area contributed by atoms with Gasteiger partial charge in [-0.3, -0.25) is 4.79 Å². The van der Waals surface area contributed by atoms with Crippen molar-refractivity contribution in [2.24, 2.45) is 5.73 Å². The van der Waals surface area contributed by atoms with Gasteiger partial charge in [0.15, 0.2) is 0 Å². The zero-order valence-corrected chi connectivity index (χ0v) is 10.9. The molecule has 0 radical (unpaired) electrons. The Kier molecular flexibility index (Phi) is 3.26. The Balaban J connectivity index is 1.98. The molecule has 5 heteroatoms. The van der Waals surface area contributed by atoms with Gasteiger partial charge in [0.2, 0.25) is 0 Å². The van der Waals surface area contributed by atoms with Gasteiger partial charge in [-0.15, -0.1) is 5.10 Å². The Hall–Kier alpha value is -2.53. The summed E-state index contributed by atoms with van der Waals surface area (Å²) < 4.78 is 1.37. The number of aromatic nitrogens is 3. The van der Waals surface area contributed by atoms with Crippen LogP contribution in [-0.2, 0) is 13.1 Å². The molecular formula is C15H14N4O. The molecule has 0 aliphatic rings. The minimum absolute atomic E-state index is 0.126. The summed E-state index contributed by atoms with van der Waals surface area (Å²) >= 11 is 0. The maximum atomic E-state index is 12.3. The van der Waals surface area contributed by atoms with E-state index in [0.717, 1.165) is 11.1 Å². The molecular weight excluding hydrogens is 252 g/mol. The fourth-order valence-corrected chi connectivity index (χ4v) is 2.08. The third-order valence-corrected chi connectivity index (χ3v) is 3.22. The Morgan fingerprint density at radius 2 is 1.70 bits per heavy atom. The summed E-state index contributed by atoms with van der Waals surface area (Å²) in [5, 5.41) is 8.62. The third-order valence-electron chi connectivity index (χ3n) is 3.22. The highest BCUT2D eigenvalue weighted by atomic mass is 16.1. The summed E-state index contributed by atoms with van der Waals surface area (Å²) in [4.78, 5) is 12.3. The van der Waals surface area contributed by atoms with Gasteiger partial charge in [0, 0.05) is 6.54 Å². The lowest BCUT2D eigenvalue weighted by molar-refractivity contribution is 0.600. The second kappa shape index (κ2) is 5.22. The molecule has 0 spiro atoms. The molecule has 0 amide bonds. The highest BCUT2D eigenvalue weighted by Crippen LogP contribution is 2.06. The van der Waals surface area contributed by atoms with E-state index in [4.69, 9.17) is 5.73 Å². The second-order valence-electron chi connectivity index (χ2n) is 4.59. The molecule has 2 aromatic carbocycles. The maximum Gasteiger partial charge on any atom is 0.277 e. The first-order chi connectivity index (χ1) is 9.78. The molecule has 1 heterocycles. The summed E-state index contributed by atoms with van der Waals surface area (Å²) in [7, 11) is 0. The van der Waals surface area contributed by atoms with Crippen LogP contribution < -0.4 is 11.3 Å². The van der Waals surface area contributed by atoms with Crippen LogP contribution in [0.2, 0.25) is 0 Å². The topological polar surface area (TPSA) is 73.8 Å². The summed E-state index contributed by atoms with van der Waals surface area (Å²) in [5.74, 6) is 0. The van der Waals surface area contributed by atoms with Crippen molar-refractivity contribution in [1.82, 2.24) is 15.0 Å². The fraction of sp³-hybridized carbons (Fsp3) is 0.133. The van der Waals surface area contributed by atoms with Gasteiger partial charge in [0.1, 0.15) is 5.52 Å². The average molecular weight is 266 g/mol. The van der Waals surface area contributed by atoms with E-state index in [1.54, 1.807) is 12.1 Å². The van der Waals surface area contributed by atoms with Crippen LogP contribution in [-0.4, -0.2) is 15.0 Å². The highest BCUT2D eigenvalue weighted by Gasteiger charge is 2.05. The molecule has 0 saturated carbocycles. The van der Waals surface area contributed by atoms with Crippen LogP contribution in [0.15, 0.2) is 53.3 Å². The minimum atomic E-state index is -0.126. The summed E-state index contributed by atoms with van der Waals surface area (Å²) in [6, 6.07) is 15.0. The van der Waals surface area contributed by atoms with Crippen molar-refractivity contribution in [2.75, 3.05) is 0 Å². The summed E-state index contributed by atoms with van der Waals surface area (Å²) in [6.45, 7) is 0.914. The monoisotopic (exact) mass is 266 g/mol. The largest absolute Gasteiger partial charge is 0.326 e. The Labute approximate surface area is 115 Å². The van der Waals surface area contributed by atoms with Crippen LogP contribution in [0.4, 0.5) is 0 Å². The summed E-state index contributed by atoms with van der Waals surface area (Å²) in [5.41, 5.74) is 8.11. The van der Waals surface area contributed by atoms with E-state index in [1.165, 1.54) is 4.68 Å². The first-order valence-electron chi connectivity index (χ1n) is 6.38. The van der Waals surface area contributed by atoms with Crippen molar-refractivity contribution in [2.45, 2.75) is 13.1 Å². The molecule has 0 atom stereocenters. The molecule has 3 rings (SSSR count). The number of nitrogens with zero attached hydrogens (tertiary/aromatic N) is 3. The molecule has 0 saturated heterocycles. The molecule has 0 aliphatic heterocycles. The number of hydrogen-bond acceptors (Lipinski definition) is 4. The lowest BCUT2D eigenvalue weighted by atomic mass is 10.1. The number of fused-ring (bicyclic) bond motifs is 1. The van der Waals surface area contributed by atoms with Gasteiger partial charge in [0.05, 0.1) is 11.9 Å². The van der Waals surface area contributed by atoms with Gasteiger partial charge in [-0.25, -0.2) is 4.68 Å². The predicted octanol–water partition coefficient (Wildman–Crippen LogP) is 1.30. The normalized spacial score (nSPS) is 10.8. The van der Waals surface area contributed by atoms with Crippen molar-refractivity contribution in [3.8, 4) is 0 Å². The van der Waals surface area contributed by atoms with Crippen molar-refractivity contribution >= 4 is 10.9 Å². The van der Waals surface area contributed by atoms with Crippen molar-refractivity contribution in [3.63, 3.8) is 0 Å². The summed E-state index contributed by atoms with van der Waals surface area (Å²) in [6.07, 6.45) is 0. The van der Waals surface area contributed by atoms with Gasteiger partial charge in [-0.2, -0.15) is 0 Å². The van der Waals surface area contributed by atoms with Crippen LogP contribution >= 0.6 is 0 Å². The van der Waals surface area contributed by atoms with Crippen molar-refractivity contribution < 1.29 is 0 Å². The van der Waals surface area contributed by atoms with E-state index >= 15 is 0 Å². The number of benzene rings is 2. The van der Waals surface area contributed by atoms with Crippen LogP contribution in [0, 0.1) is 0 Å². The standard InChI is InChI=1S/C15H14N4O/c16-9-11-5-7-12(8-6-11)10-19-15(20)13-3-1-2-4-14(13)17-18-19/h1-8H,9-10,16H2. The van der Waals surface area contributed by atoms with E-state index < -0.39 is 0 Å². The number of rotatable bonds is 3. The third kappa shape index (κ3) is 2.31. The molecule has 5 nitrogen and oxygen atoms in total. The van der Waals surface area contributed by atoms with Crippen molar-refractivity contribution in [1.29, 1.82) is 0 Å². The van der Waals surface area contributed by atoms with Gasteiger partial charge < -0.3 is 5.73 Å². The Bertz CT molecular complexity index is 793. The fourth-order valence-electron chi connectivity index (χ4n) is 2.08. The Morgan fingerprint density at radius 3 is 2.45 bits per heavy atom. The molecule has 0 unspecified atom stereocenters. The van der Waals surface area contributed by atoms with Crippen LogP contribution in [0.25, 0.3) is 10.9 Å². The molecule has 2 N–H and O–H groups in total. The molecule has 1 aromatic heterocycles. The van der Waals surface area contributed by atoms with Gasteiger partial charge in [0.25, 0.3) is 5.56 Å². The lowest BCUT2D eigenvalue weighted by Crippen LogP contribution is -2.24. The van der Waals surface area contributed by atoms with Crippen molar-refractivity contribution in [3.05, 3.63) is 70.0 Å². The van der Waals surface area contributed by atoms with E-state index in [2.05, 4.69) is 10.3 Å². The van der Waals surface area contributed by atoms with E-state index in [-0.39, 0.29) is 5.56 Å². The molecule has 3 aromatic rings.